The van der Waals surface area contributed by atoms with Crippen LogP contribution in [0.1, 0.15) is 71.4 Å². The summed E-state index contributed by atoms with van der Waals surface area (Å²) in [6, 6.07) is 6.24. The summed E-state index contributed by atoms with van der Waals surface area (Å²) in [6.45, 7) is 2.94. The molecule has 2 aliphatic heterocycles. The number of pyridine rings is 1. The maximum atomic E-state index is 14.3. The Morgan fingerprint density at radius 1 is 1.16 bits per heavy atom. The fraction of sp³-hybridized carbons (Fsp3) is 0.467. The highest BCUT2D eigenvalue weighted by molar-refractivity contribution is 6.10. The van der Waals surface area contributed by atoms with Gasteiger partial charge in [0.2, 0.25) is 0 Å². The molecular formula is C30H35F3N8O2. The number of nitrogens with one attached hydrogen (secondary N) is 2. The highest BCUT2D eigenvalue weighted by Gasteiger charge is 2.41. The van der Waals surface area contributed by atoms with E-state index in [-0.39, 0.29) is 36.3 Å². The van der Waals surface area contributed by atoms with Gasteiger partial charge in [0, 0.05) is 43.9 Å². The minimum Gasteiger partial charge on any atom is -0.376 e. The quantitative estimate of drug-likeness (QED) is 0.329. The zero-order valence-electron chi connectivity index (χ0n) is 24.4. The monoisotopic (exact) mass is 596 g/mol. The number of halogens is 3. The third kappa shape index (κ3) is 5.65. The molecule has 3 aliphatic rings. The van der Waals surface area contributed by atoms with Gasteiger partial charge in [-0.25, -0.2) is 4.98 Å². The molecule has 3 aromatic rings. The molecule has 1 amide bonds. The molecule has 4 heterocycles. The van der Waals surface area contributed by atoms with Crippen molar-refractivity contribution < 1.29 is 22.7 Å². The number of fused-ring (bicyclic) bond motifs is 1. The molecule has 228 valence electrons. The number of carbonyl (C=O) groups is 1. The molecule has 10 nitrogen and oxygen atoms in total. The Labute approximate surface area is 247 Å². The first-order valence-corrected chi connectivity index (χ1v) is 14.6. The molecule has 1 saturated carbocycles. The summed E-state index contributed by atoms with van der Waals surface area (Å²) in [5, 5.41) is 11.9. The Hall–Kier alpha value is -4.13. The molecule has 1 fully saturated rings. The van der Waals surface area contributed by atoms with Crippen molar-refractivity contribution >= 4 is 23.9 Å². The van der Waals surface area contributed by atoms with Crippen LogP contribution in [-0.2, 0) is 31.1 Å². The Morgan fingerprint density at radius 2 is 1.98 bits per heavy atom. The van der Waals surface area contributed by atoms with E-state index in [0.717, 1.165) is 43.0 Å². The molecule has 13 heteroatoms. The number of hydrogen-bond donors (Lipinski definition) is 2. The van der Waals surface area contributed by atoms with E-state index >= 15 is 0 Å². The van der Waals surface area contributed by atoms with E-state index in [9.17, 15) is 18.0 Å². The molecule has 0 bridgehead atoms. The number of alkyl halides is 3. The summed E-state index contributed by atoms with van der Waals surface area (Å²) in [4.78, 5) is 21.7. The van der Waals surface area contributed by atoms with Crippen molar-refractivity contribution in [2.45, 2.75) is 58.1 Å². The van der Waals surface area contributed by atoms with Crippen molar-refractivity contribution in [3.05, 3.63) is 58.3 Å². The Kier molecular flexibility index (Phi) is 7.75. The van der Waals surface area contributed by atoms with E-state index in [4.69, 9.17) is 4.74 Å². The minimum atomic E-state index is -4.63. The lowest BCUT2D eigenvalue weighted by Crippen LogP contribution is -2.26. The fourth-order valence-electron chi connectivity index (χ4n) is 5.78. The largest absolute Gasteiger partial charge is 0.416 e. The SMILES string of the molecule is CCCNc1cc(-c2c(C3NN=CN3C)cnn2C)cc(N2Cc3c(cc(COCC4CCC4)cc3C(F)(F)F)C2=O)n1. The second kappa shape index (κ2) is 11.5. The van der Waals surface area contributed by atoms with E-state index in [0.29, 0.717) is 36.0 Å². The van der Waals surface area contributed by atoms with Crippen LogP contribution in [-0.4, -0.2) is 52.1 Å². The molecule has 0 radical (unpaired) electrons. The summed E-state index contributed by atoms with van der Waals surface area (Å²) < 4.78 is 50.3. The number of amides is 1. The molecule has 0 saturated heterocycles. The maximum Gasteiger partial charge on any atom is 0.416 e. The Balaban J connectivity index is 1.37. The average molecular weight is 597 g/mol. The van der Waals surface area contributed by atoms with E-state index in [1.54, 1.807) is 23.3 Å². The Bertz CT molecular complexity index is 1550. The highest BCUT2D eigenvalue weighted by atomic mass is 19.4. The van der Waals surface area contributed by atoms with Gasteiger partial charge in [0.1, 0.15) is 24.1 Å². The molecular weight excluding hydrogens is 561 g/mol. The number of carbonyl (C=O) groups excluding carboxylic acids is 1. The van der Waals surface area contributed by atoms with Gasteiger partial charge in [0.05, 0.1) is 30.6 Å². The summed E-state index contributed by atoms with van der Waals surface area (Å²) >= 11 is 0. The molecule has 1 atom stereocenters. The molecule has 2 N–H and O–H groups in total. The summed E-state index contributed by atoms with van der Waals surface area (Å²) in [5.41, 5.74) is 4.90. The third-order valence-corrected chi connectivity index (χ3v) is 8.28. The van der Waals surface area contributed by atoms with Crippen LogP contribution in [0.3, 0.4) is 0 Å². The molecule has 1 aliphatic carbocycles. The lowest BCUT2D eigenvalue weighted by molar-refractivity contribution is -0.138. The molecule has 1 aromatic carbocycles. The lowest BCUT2D eigenvalue weighted by Gasteiger charge is -2.25. The number of rotatable bonds is 10. The van der Waals surface area contributed by atoms with E-state index in [2.05, 4.69) is 25.9 Å². The van der Waals surface area contributed by atoms with Crippen LogP contribution in [0.2, 0.25) is 0 Å². The number of aromatic nitrogens is 3. The first-order valence-electron chi connectivity index (χ1n) is 14.6. The predicted octanol–water partition coefficient (Wildman–Crippen LogP) is 5.28. The summed E-state index contributed by atoms with van der Waals surface area (Å²) in [6.07, 6.45) is 2.69. The lowest BCUT2D eigenvalue weighted by atomic mass is 9.86. The van der Waals surface area contributed by atoms with Crippen LogP contribution in [0.25, 0.3) is 11.3 Å². The van der Waals surface area contributed by atoms with Gasteiger partial charge in [-0.05, 0) is 60.6 Å². The minimum absolute atomic E-state index is 0.0234. The maximum absolute atomic E-state index is 14.3. The summed E-state index contributed by atoms with van der Waals surface area (Å²) in [7, 11) is 3.71. The number of benzene rings is 1. The number of anilines is 2. The molecule has 6 rings (SSSR count). The van der Waals surface area contributed by atoms with Crippen LogP contribution in [0, 0.1) is 5.92 Å². The number of hydrazone groups is 1. The number of aryl methyl sites for hydroxylation is 1. The van der Waals surface area contributed by atoms with Gasteiger partial charge in [-0.3, -0.25) is 19.8 Å². The first kappa shape index (κ1) is 29.0. The van der Waals surface area contributed by atoms with Gasteiger partial charge in [-0.2, -0.15) is 23.4 Å². The van der Waals surface area contributed by atoms with Crippen molar-refractivity contribution in [3.63, 3.8) is 0 Å². The number of ether oxygens (including phenoxy) is 1. The van der Waals surface area contributed by atoms with Crippen LogP contribution in [0.15, 0.2) is 35.6 Å². The van der Waals surface area contributed by atoms with Crippen molar-refractivity contribution in [2.75, 3.05) is 30.4 Å². The van der Waals surface area contributed by atoms with Crippen molar-refractivity contribution in [3.8, 4) is 11.3 Å². The number of nitrogens with zero attached hydrogens (tertiary/aromatic N) is 6. The van der Waals surface area contributed by atoms with Gasteiger partial charge in [-0.15, -0.1) is 0 Å². The standard InChI is InChI=1S/C30H35F3N8O2/c1-4-8-34-25-11-20(27-22(13-36-40(27)3)28-38-35-17-39(28)2)12-26(37-25)41-14-23-21(29(41)42)9-19(10-24(23)30(31,32)33)16-43-15-18-6-5-7-18/h9-13,17-18,28,38H,4-8,14-16H2,1-3H3,(H,34,37). The van der Waals surface area contributed by atoms with Gasteiger partial charge in [-0.1, -0.05) is 13.3 Å². The topological polar surface area (TPSA) is 99.9 Å². The number of hydrogen-bond acceptors (Lipinski definition) is 8. The van der Waals surface area contributed by atoms with Gasteiger partial charge < -0.3 is 15.0 Å². The van der Waals surface area contributed by atoms with E-state index in [1.165, 1.54) is 11.0 Å². The van der Waals surface area contributed by atoms with Gasteiger partial charge in [0.25, 0.3) is 5.91 Å². The highest BCUT2D eigenvalue weighted by Crippen LogP contribution is 2.41. The normalized spacial score (nSPS) is 18.3. The zero-order chi connectivity index (χ0) is 30.3. The molecule has 1 unspecified atom stereocenters. The van der Waals surface area contributed by atoms with Crippen molar-refractivity contribution in [2.24, 2.45) is 18.1 Å². The van der Waals surface area contributed by atoms with Crippen LogP contribution in [0.4, 0.5) is 24.8 Å². The van der Waals surface area contributed by atoms with Gasteiger partial charge in [0.15, 0.2) is 0 Å². The Morgan fingerprint density at radius 3 is 2.65 bits per heavy atom. The molecule has 0 spiro atoms. The van der Waals surface area contributed by atoms with Crippen LogP contribution < -0.4 is 15.6 Å². The smallest absolute Gasteiger partial charge is 0.376 e. The van der Waals surface area contributed by atoms with E-state index in [1.807, 2.05) is 32.0 Å². The molecule has 43 heavy (non-hydrogen) atoms. The van der Waals surface area contributed by atoms with Crippen molar-refractivity contribution in [1.82, 2.24) is 25.1 Å². The van der Waals surface area contributed by atoms with Crippen molar-refractivity contribution in [1.29, 1.82) is 0 Å². The van der Waals surface area contributed by atoms with Crippen LogP contribution >= 0.6 is 0 Å². The van der Waals surface area contributed by atoms with E-state index < -0.39 is 17.6 Å². The average Bonchev–Trinajstić information content (AvgIpc) is 3.64. The second-order valence-electron chi connectivity index (χ2n) is 11.4. The third-order valence-electron chi connectivity index (χ3n) is 8.28. The second-order valence-corrected chi connectivity index (χ2v) is 11.4. The summed E-state index contributed by atoms with van der Waals surface area (Å²) in [5.74, 6) is 0.697. The van der Waals surface area contributed by atoms with Gasteiger partial charge >= 0.3 is 6.18 Å². The molecule has 2 aromatic heterocycles. The zero-order valence-corrected chi connectivity index (χ0v) is 24.4. The fourth-order valence-corrected chi connectivity index (χ4v) is 5.78. The predicted molar refractivity (Wildman–Crippen MR) is 156 cm³/mol. The van der Waals surface area contributed by atoms with Crippen LogP contribution in [0.5, 0.6) is 0 Å². The first-order chi connectivity index (χ1) is 20.6.